The fraction of sp³-hybridized carbons (Fsp3) is 0.524. The molecule has 8 heteroatoms. The second-order valence-corrected chi connectivity index (χ2v) is 8.20. The van der Waals surface area contributed by atoms with E-state index >= 15 is 0 Å². The minimum absolute atomic E-state index is 0.00212. The number of nitrogens with zero attached hydrogens (tertiary/aromatic N) is 4. The van der Waals surface area contributed by atoms with Crippen molar-refractivity contribution in [2.45, 2.75) is 45.8 Å². The second kappa shape index (κ2) is 8.32. The largest absolute Gasteiger partial charge is 0.351 e. The third kappa shape index (κ3) is 4.17. The predicted molar refractivity (Wildman–Crippen MR) is 108 cm³/mol. The molecule has 0 spiro atoms. The lowest BCUT2D eigenvalue weighted by Gasteiger charge is -2.28. The first-order valence-corrected chi connectivity index (χ1v) is 10.3. The molecule has 2 aliphatic heterocycles. The normalized spacial score (nSPS) is 18.9. The van der Waals surface area contributed by atoms with Crippen LogP contribution < -0.4 is 10.6 Å². The summed E-state index contributed by atoms with van der Waals surface area (Å²) >= 11 is 0. The molecule has 0 radical (unpaired) electrons. The smallest absolute Gasteiger partial charge is 0.274 e. The van der Waals surface area contributed by atoms with Gasteiger partial charge >= 0.3 is 0 Å². The maximum absolute atomic E-state index is 12.5. The lowest BCUT2D eigenvalue weighted by molar-refractivity contribution is 0.0861. The molecule has 2 aliphatic rings. The topological polar surface area (TPSA) is 92.2 Å². The van der Waals surface area contributed by atoms with Gasteiger partial charge in [-0.25, -0.2) is 4.68 Å². The fourth-order valence-corrected chi connectivity index (χ4v) is 4.00. The van der Waals surface area contributed by atoms with Gasteiger partial charge in [-0.1, -0.05) is 43.3 Å². The molecule has 0 saturated carbocycles. The summed E-state index contributed by atoms with van der Waals surface area (Å²) < 4.78 is 1.55. The van der Waals surface area contributed by atoms with E-state index in [9.17, 15) is 9.59 Å². The minimum atomic E-state index is -0.339. The van der Waals surface area contributed by atoms with Crippen molar-refractivity contribution in [1.82, 2.24) is 30.5 Å². The van der Waals surface area contributed by atoms with E-state index in [0.717, 1.165) is 32.5 Å². The molecule has 8 nitrogen and oxygen atoms in total. The van der Waals surface area contributed by atoms with E-state index in [-0.39, 0.29) is 35.2 Å². The SMILES string of the molecule is CC(C)C1Cn2nnc(C(=O)NCCCN3CCc4ccccc4C3)c2C(=O)N1. The van der Waals surface area contributed by atoms with Gasteiger partial charge in [-0.2, -0.15) is 0 Å². The second-order valence-electron chi connectivity index (χ2n) is 8.20. The van der Waals surface area contributed by atoms with Crippen LogP contribution in [0.4, 0.5) is 0 Å². The van der Waals surface area contributed by atoms with Gasteiger partial charge in [0.25, 0.3) is 11.8 Å². The third-order valence-electron chi connectivity index (χ3n) is 5.80. The highest BCUT2D eigenvalue weighted by Crippen LogP contribution is 2.18. The van der Waals surface area contributed by atoms with Gasteiger partial charge < -0.3 is 10.6 Å². The molecule has 4 rings (SSSR count). The zero-order valence-corrected chi connectivity index (χ0v) is 17.0. The summed E-state index contributed by atoms with van der Waals surface area (Å²) in [6, 6.07) is 8.57. The van der Waals surface area contributed by atoms with Gasteiger partial charge in [0.1, 0.15) is 0 Å². The zero-order valence-electron chi connectivity index (χ0n) is 17.0. The van der Waals surface area contributed by atoms with E-state index in [4.69, 9.17) is 0 Å². The fourth-order valence-electron chi connectivity index (χ4n) is 4.00. The molecule has 3 heterocycles. The third-order valence-corrected chi connectivity index (χ3v) is 5.80. The lowest BCUT2D eigenvalue weighted by atomic mass is 10.00. The maximum Gasteiger partial charge on any atom is 0.274 e. The molecular formula is C21H28N6O2. The Morgan fingerprint density at radius 2 is 2.10 bits per heavy atom. The Balaban J connectivity index is 1.28. The van der Waals surface area contributed by atoms with Gasteiger partial charge in [-0.15, -0.1) is 5.10 Å². The maximum atomic E-state index is 12.5. The van der Waals surface area contributed by atoms with Crippen LogP contribution in [0.5, 0.6) is 0 Å². The summed E-state index contributed by atoms with van der Waals surface area (Å²) in [6.07, 6.45) is 1.92. The average Bonchev–Trinajstić information content (AvgIpc) is 3.15. The van der Waals surface area contributed by atoms with Crippen molar-refractivity contribution in [3.05, 3.63) is 46.8 Å². The number of hydrogen-bond donors (Lipinski definition) is 2. The van der Waals surface area contributed by atoms with Gasteiger partial charge in [0, 0.05) is 26.2 Å². The number of carbonyl (C=O) groups excluding carboxylic acids is 2. The van der Waals surface area contributed by atoms with Gasteiger partial charge in [0.15, 0.2) is 11.4 Å². The molecule has 1 atom stereocenters. The number of benzene rings is 1. The van der Waals surface area contributed by atoms with E-state index in [0.29, 0.717) is 13.1 Å². The Labute approximate surface area is 170 Å². The Morgan fingerprint density at radius 1 is 1.31 bits per heavy atom. The van der Waals surface area contributed by atoms with Gasteiger partial charge in [-0.05, 0) is 29.9 Å². The first-order valence-electron chi connectivity index (χ1n) is 10.3. The highest BCUT2D eigenvalue weighted by molar-refractivity contribution is 6.05. The van der Waals surface area contributed by atoms with Crippen LogP contribution in [0.15, 0.2) is 24.3 Å². The first-order chi connectivity index (χ1) is 14.0. The predicted octanol–water partition coefficient (Wildman–Crippen LogP) is 1.22. The molecule has 0 fully saturated rings. The van der Waals surface area contributed by atoms with Gasteiger partial charge in [-0.3, -0.25) is 14.5 Å². The number of amides is 2. The van der Waals surface area contributed by atoms with Gasteiger partial charge in [0.05, 0.1) is 12.6 Å². The monoisotopic (exact) mass is 396 g/mol. The molecule has 154 valence electrons. The van der Waals surface area contributed by atoms with Crippen molar-refractivity contribution in [3.8, 4) is 0 Å². The molecule has 0 saturated heterocycles. The van der Waals surface area contributed by atoms with E-state index in [1.807, 2.05) is 13.8 Å². The van der Waals surface area contributed by atoms with Crippen molar-refractivity contribution in [1.29, 1.82) is 0 Å². The molecule has 29 heavy (non-hydrogen) atoms. The summed E-state index contributed by atoms with van der Waals surface area (Å²) in [7, 11) is 0. The summed E-state index contributed by atoms with van der Waals surface area (Å²) in [5, 5.41) is 13.8. The van der Waals surface area contributed by atoms with Crippen LogP contribution >= 0.6 is 0 Å². The van der Waals surface area contributed by atoms with Crippen LogP contribution in [0.3, 0.4) is 0 Å². The molecular weight excluding hydrogens is 368 g/mol. The van der Waals surface area contributed by atoms with E-state index in [2.05, 4.69) is 50.1 Å². The number of hydrogen-bond acceptors (Lipinski definition) is 5. The number of rotatable bonds is 6. The quantitative estimate of drug-likeness (QED) is 0.717. The number of nitrogens with one attached hydrogen (secondary N) is 2. The summed E-state index contributed by atoms with van der Waals surface area (Å²) in [4.78, 5) is 27.4. The van der Waals surface area contributed by atoms with Crippen molar-refractivity contribution >= 4 is 11.8 Å². The Bertz CT molecular complexity index is 906. The molecule has 0 aliphatic carbocycles. The van der Waals surface area contributed by atoms with Crippen molar-refractivity contribution in [2.75, 3.05) is 19.6 Å². The zero-order chi connectivity index (χ0) is 20.4. The highest BCUT2D eigenvalue weighted by atomic mass is 16.2. The Hall–Kier alpha value is -2.74. The van der Waals surface area contributed by atoms with Crippen molar-refractivity contribution < 1.29 is 9.59 Å². The summed E-state index contributed by atoms with van der Waals surface area (Å²) in [6.45, 7) is 8.09. The van der Waals surface area contributed by atoms with E-state index in [1.54, 1.807) is 4.68 Å². The summed E-state index contributed by atoms with van der Waals surface area (Å²) in [5.74, 6) is -0.333. The highest BCUT2D eigenvalue weighted by Gasteiger charge is 2.32. The molecule has 2 N–H and O–H groups in total. The average molecular weight is 396 g/mol. The van der Waals surface area contributed by atoms with E-state index in [1.165, 1.54) is 11.1 Å². The van der Waals surface area contributed by atoms with Crippen LogP contribution in [-0.4, -0.2) is 57.4 Å². The van der Waals surface area contributed by atoms with Crippen molar-refractivity contribution in [2.24, 2.45) is 5.92 Å². The lowest BCUT2D eigenvalue weighted by Crippen LogP contribution is -2.48. The van der Waals surface area contributed by atoms with Crippen LogP contribution in [0, 0.1) is 5.92 Å². The minimum Gasteiger partial charge on any atom is -0.351 e. The molecule has 1 aromatic heterocycles. The number of fused-ring (bicyclic) bond motifs is 2. The molecule has 2 amide bonds. The molecule has 2 aromatic rings. The Kier molecular flexibility index (Phi) is 5.62. The van der Waals surface area contributed by atoms with Crippen LogP contribution in [0.25, 0.3) is 0 Å². The molecule has 0 bridgehead atoms. The summed E-state index contributed by atoms with van der Waals surface area (Å²) in [5.41, 5.74) is 3.19. The number of carbonyl (C=O) groups is 2. The Morgan fingerprint density at radius 3 is 2.90 bits per heavy atom. The standard InChI is InChI=1S/C21H28N6O2/c1-14(2)17-13-27-19(21(29)23-17)18(24-25-27)20(28)22-9-5-10-26-11-8-15-6-3-4-7-16(15)12-26/h3-4,6-7,14,17H,5,8-13H2,1-2H3,(H,22,28)(H,23,29). The van der Waals surface area contributed by atoms with Crippen LogP contribution in [-0.2, 0) is 19.5 Å². The molecule has 1 aromatic carbocycles. The van der Waals surface area contributed by atoms with E-state index < -0.39 is 0 Å². The van der Waals surface area contributed by atoms with Crippen LogP contribution in [0.1, 0.15) is 52.4 Å². The molecule has 1 unspecified atom stereocenters. The van der Waals surface area contributed by atoms with Crippen LogP contribution in [0.2, 0.25) is 0 Å². The van der Waals surface area contributed by atoms with Gasteiger partial charge in [0.2, 0.25) is 0 Å². The first kappa shape index (κ1) is 19.6. The van der Waals surface area contributed by atoms with Crippen molar-refractivity contribution in [3.63, 3.8) is 0 Å². The number of aromatic nitrogens is 3.